The lowest BCUT2D eigenvalue weighted by Gasteiger charge is -2.18. The molecule has 1 aromatic carbocycles. The molecule has 0 saturated heterocycles. The van der Waals surface area contributed by atoms with Gasteiger partial charge in [0.25, 0.3) is 5.69 Å². The van der Waals surface area contributed by atoms with Crippen LogP contribution in [0.5, 0.6) is 0 Å². The Morgan fingerprint density at radius 1 is 1.38 bits per heavy atom. The van der Waals surface area contributed by atoms with Gasteiger partial charge in [0.05, 0.1) is 11.0 Å². The standard InChI is InChI=1S/C14H14F2N2O2S/c1-2-4-10(12-5-3-8-21-12)17-14-11(18(19)20)7-6-9(15)13(14)16/h3,5-8,10,17H,2,4H2,1H3. The van der Waals surface area contributed by atoms with Crippen molar-refractivity contribution in [1.29, 1.82) is 0 Å². The Bertz CT molecular complexity index is 632. The number of nitro benzene ring substituents is 1. The van der Waals surface area contributed by atoms with Gasteiger partial charge in [-0.25, -0.2) is 8.78 Å². The highest BCUT2D eigenvalue weighted by molar-refractivity contribution is 7.10. The van der Waals surface area contributed by atoms with E-state index in [4.69, 9.17) is 0 Å². The summed E-state index contributed by atoms with van der Waals surface area (Å²) in [6.07, 6.45) is 1.47. The minimum absolute atomic E-state index is 0.287. The maximum Gasteiger partial charge on any atom is 0.295 e. The van der Waals surface area contributed by atoms with Gasteiger partial charge in [-0.2, -0.15) is 0 Å². The molecule has 0 amide bonds. The van der Waals surface area contributed by atoms with Crippen LogP contribution in [-0.2, 0) is 0 Å². The number of nitrogens with one attached hydrogen (secondary N) is 1. The minimum Gasteiger partial charge on any atom is -0.369 e. The van der Waals surface area contributed by atoms with Crippen LogP contribution in [0.2, 0.25) is 0 Å². The minimum atomic E-state index is -1.22. The van der Waals surface area contributed by atoms with E-state index in [2.05, 4.69) is 5.32 Å². The van der Waals surface area contributed by atoms with Crippen LogP contribution in [-0.4, -0.2) is 4.92 Å². The fraction of sp³-hybridized carbons (Fsp3) is 0.286. The summed E-state index contributed by atoms with van der Waals surface area (Å²) in [4.78, 5) is 11.2. The molecule has 1 aromatic heterocycles. The number of nitro groups is 1. The Labute approximate surface area is 124 Å². The zero-order valence-corrected chi connectivity index (χ0v) is 12.1. The molecule has 0 spiro atoms. The van der Waals surface area contributed by atoms with Crippen molar-refractivity contribution in [2.24, 2.45) is 0 Å². The van der Waals surface area contributed by atoms with Crippen molar-refractivity contribution >= 4 is 22.7 Å². The molecule has 0 radical (unpaired) electrons. The molecule has 4 nitrogen and oxygen atoms in total. The molecule has 21 heavy (non-hydrogen) atoms. The molecule has 1 atom stereocenters. The first kappa shape index (κ1) is 15.4. The van der Waals surface area contributed by atoms with Gasteiger partial charge < -0.3 is 5.32 Å². The molecule has 0 aliphatic rings. The van der Waals surface area contributed by atoms with Crippen LogP contribution in [0.25, 0.3) is 0 Å². The number of rotatable bonds is 6. The maximum absolute atomic E-state index is 13.9. The molecule has 0 bridgehead atoms. The largest absolute Gasteiger partial charge is 0.369 e. The highest BCUT2D eigenvalue weighted by Gasteiger charge is 2.24. The second-order valence-corrected chi connectivity index (χ2v) is 5.49. The normalized spacial score (nSPS) is 12.1. The predicted molar refractivity (Wildman–Crippen MR) is 78.6 cm³/mol. The van der Waals surface area contributed by atoms with Crippen molar-refractivity contribution in [3.8, 4) is 0 Å². The van der Waals surface area contributed by atoms with Gasteiger partial charge in [0, 0.05) is 10.9 Å². The summed E-state index contributed by atoms with van der Waals surface area (Å²) in [5.41, 5.74) is -0.863. The van der Waals surface area contributed by atoms with Gasteiger partial charge in [-0.3, -0.25) is 10.1 Å². The molecule has 1 unspecified atom stereocenters. The van der Waals surface area contributed by atoms with Crippen LogP contribution >= 0.6 is 11.3 Å². The fourth-order valence-electron chi connectivity index (χ4n) is 2.07. The maximum atomic E-state index is 13.9. The van der Waals surface area contributed by atoms with Crippen LogP contribution in [0.3, 0.4) is 0 Å². The van der Waals surface area contributed by atoms with Crippen molar-refractivity contribution in [3.63, 3.8) is 0 Å². The van der Waals surface area contributed by atoms with Gasteiger partial charge in [0.15, 0.2) is 17.3 Å². The van der Waals surface area contributed by atoms with E-state index in [-0.39, 0.29) is 6.04 Å². The van der Waals surface area contributed by atoms with Crippen molar-refractivity contribution in [2.75, 3.05) is 5.32 Å². The Morgan fingerprint density at radius 2 is 2.14 bits per heavy atom. The Balaban J connectivity index is 2.40. The monoisotopic (exact) mass is 312 g/mol. The van der Waals surface area contributed by atoms with E-state index in [1.807, 2.05) is 24.4 Å². The summed E-state index contributed by atoms with van der Waals surface area (Å²) in [7, 11) is 0. The zero-order valence-electron chi connectivity index (χ0n) is 11.3. The van der Waals surface area contributed by atoms with Crippen LogP contribution in [0.4, 0.5) is 20.2 Å². The molecule has 2 aromatic rings. The molecule has 1 heterocycles. The van der Waals surface area contributed by atoms with Crippen molar-refractivity contribution in [1.82, 2.24) is 0 Å². The van der Waals surface area contributed by atoms with E-state index in [0.29, 0.717) is 6.42 Å². The number of nitrogens with zero attached hydrogens (tertiary/aromatic N) is 1. The van der Waals surface area contributed by atoms with Gasteiger partial charge in [-0.1, -0.05) is 19.4 Å². The van der Waals surface area contributed by atoms with E-state index < -0.39 is 27.9 Å². The van der Waals surface area contributed by atoms with Gasteiger partial charge >= 0.3 is 0 Å². The summed E-state index contributed by atoms with van der Waals surface area (Å²) in [5.74, 6) is -2.33. The van der Waals surface area contributed by atoms with E-state index in [1.165, 1.54) is 11.3 Å². The SMILES string of the molecule is CCCC(Nc1c([N+](=O)[O-])ccc(F)c1F)c1cccs1. The Morgan fingerprint density at radius 3 is 2.71 bits per heavy atom. The summed E-state index contributed by atoms with van der Waals surface area (Å²) in [5, 5.41) is 15.7. The summed E-state index contributed by atoms with van der Waals surface area (Å²) in [6.45, 7) is 1.96. The van der Waals surface area contributed by atoms with Crippen molar-refractivity contribution in [2.45, 2.75) is 25.8 Å². The van der Waals surface area contributed by atoms with Gasteiger partial charge in [-0.15, -0.1) is 11.3 Å². The van der Waals surface area contributed by atoms with E-state index in [1.54, 1.807) is 0 Å². The second-order valence-electron chi connectivity index (χ2n) is 4.51. The number of hydrogen-bond acceptors (Lipinski definition) is 4. The van der Waals surface area contributed by atoms with Crippen molar-refractivity contribution in [3.05, 3.63) is 56.3 Å². The lowest BCUT2D eigenvalue weighted by molar-refractivity contribution is -0.384. The highest BCUT2D eigenvalue weighted by atomic mass is 32.1. The molecule has 1 N–H and O–H groups in total. The van der Waals surface area contributed by atoms with E-state index in [9.17, 15) is 18.9 Å². The zero-order chi connectivity index (χ0) is 15.4. The third-order valence-corrected chi connectivity index (χ3v) is 4.04. The molecule has 0 aliphatic heterocycles. The van der Waals surface area contributed by atoms with E-state index >= 15 is 0 Å². The van der Waals surface area contributed by atoms with Crippen LogP contribution in [0.1, 0.15) is 30.7 Å². The number of thiophene rings is 1. The molecule has 0 fully saturated rings. The van der Waals surface area contributed by atoms with Gasteiger partial charge in [0.2, 0.25) is 0 Å². The van der Waals surface area contributed by atoms with Crippen LogP contribution < -0.4 is 5.32 Å². The van der Waals surface area contributed by atoms with Gasteiger partial charge in [0.1, 0.15) is 0 Å². The second kappa shape index (κ2) is 6.62. The molecule has 7 heteroatoms. The summed E-state index contributed by atoms with van der Waals surface area (Å²) < 4.78 is 27.3. The summed E-state index contributed by atoms with van der Waals surface area (Å²) >= 11 is 1.47. The first-order chi connectivity index (χ1) is 10.0. The van der Waals surface area contributed by atoms with Gasteiger partial charge in [-0.05, 0) is 23.9 Å². The molecule has 0 aliphatic carbocycles. The van der Waals surface area contributed by atoms with E-state index in [0.717, 1.165) is 23.4 Å². The smallest absolute Gasteiger partial charge is 0.295 e. The lowest BCUT2D eigenvalue weighted by atomic mass is 10.1. The molecule has 0 saturated carbocycles. The lowest BCUT2D eigenvalue weighted by Crippen LogP contribution is -2.12. The summed E-state index contributed by atoms with van der Waals surface area (Å²) in [6, 6.07) is 5.16. The first-order valence-corrected chi connectivity index (χ1v) is 7.34. The number of halogens is 2. The Kier molecular flexibility index (Phi) is 4.85. The molecular weight excluding hydrogens is 298 g/mol. The number of hydrogen-bond donors (Lipinski definition) is 1. The number of anilines is 1. The quantitative estimate of drug-likeness (QED) is 0.610. The van der Waals surface area contributed by atoms with Crippen LogP contribution in [0.15, 0.2) is 29.6 Å². The topological polar surface area (TPSA) is 55.2 Å². The molecular formula is C14H14F2N2O2S. The molecule has 2 rings (SSSR count). The fourth-order valence-corrected chi connectivity index (χ4v) is 2.88. The number of benzene rings is 1. The first-order valence-electron chi connectivity index (χ1n) is 6.47. The van der Waals surface area contributed by atoms with Crippen molar-refractivity contribution < 1.29 is 13.7 Å². The highest BCUT2D eigenvalue weighted by Crippen LogP contribution is 2.34. The molecule has 112 valence electrons. The average Bonchev–Trinajstić information content (AvgIpc) is 2.97. The third-order valence-electron chi connectivity index (χ3n) is 3.05. The predicted octanol–water partition coefficient (Wildman–Crippen LogP) is 4.89. The Hall–Kier alpha value is -2.02. The third kappa shape index (κ3) is 3.36. The average molecular weight is 312 g/mol. The van der Waals surface area contributed by atoms with Crippen LogP contribution in [0, 0.1) is 21.7 Å².